The minimum atomic E-state index is -0.489. The highest BCUT2D eigenvalue weighted by Crippen LogP contribution is 2.24. The Bertz CT molecular complexity index is 898. The largest absolute Gasteiger partial charge is 0.454 e. The first-order valence-electron chi connectivity index (χ1n) is 17.4. The number of methoxy groups -OCH3 is 7. The summed E-state index contributed by atoms with van der Waals surface area (Å²) in [4.78, 5) is 12.6. The minimum absolute atomic E-state index is 0.00959. The summed E-state index contributed by atoms with van der Waals surface area (Å²) in [6, 6.07) is 8.94. The molecular formula is C38H66O9. The van der Waals surface area contributed by atoms with Crippen LogP contribution in [-0.4, -0.2) is 105 Å². The average molecular weight is 667 g/mol. The Morgan fingerprint density at radius 1 is 0.574 bits per heavy atom. The molecule has 9 heteroatoms. The van der Waals surface area contributed by atoms with Gasteiger partial charge in [0.25, 0.3) is 0 Å². The lowest BCUT2D eigenvalue weighted by Gasteiger charge is -2.30. The molecule has 272 valence electrons. The fraction of sp³-hybridized carbons (Fsp3) is 0.763. The van der Waals surface area contributed by atoms with E-state index in [1.54, 1.807) is 60.9 Å². The molecule has 0 unspecified atom stereocenters. The van der Waals surface area contributed by atoms with E-state index in [9.17, 15) is 4.79 Å². The average Bonchev–Trinajstić information content (AvgIpc) is 3.11. The molecule has 0 saturated carbocycles. The summed E-state index contributed by atoms with van der Waals surface area (Å²) >= 11 is 0. The van der Waals surface area contributed by atoms with Gasteiger partial charge in [-0.15, -0.1) is 0 Å². The zero-order valence-electron chi connectivity index (χ0n) is 30.7. The van der Waals surface area contributed by atoms with E-state index < -0.39 is 6.10 Å². The molecule has 8 atom stereocenters. The van der Waals surface area contributed by atoms with E-state index in [1.807, 2.05) is 25.3 Å². The number of hydrogen-bond acceptors (Lipinski definition) is 9. The third-order valence-corrected chi connectivity index (χ3v) is 9.15. The normalized spacial score (nSPS) is 16.9. The molecule has 0 fully saturated rings. The second-order valence-corrected chi connectivity index (χ2v) is 12.4. The quantitative estimate of drug-likeness (QED) is 0.0468. The van der Waals surface area contributed by atoms with E-state index in [4.69, 9.17) is 37.9 Å². The van der Waals surface area contributed by atoms with Crippen molar-refractivity contribution >= 4 is 5.97 Å². The van der Waals surface area contributed by atoms with Gasteiger partial charge in [-0.05, 0) is 63.5 Å². The van der Waals surface area contributed by atoms with Crippen LogP contribution in [0.25, 0.3) is 0 Å². The van der Waals surface area contributed by atoms with Crippen LogP contribution >= 0.6 is 0 Å². The molecule has 0 aromatic heterocycles. The third kappa shape index (κ3) is 18.5. The number of rotatable bonds is 30. The number of carbonyl (C=O) groups is 1. The van der Waals surface area contributed by atoms with Crippen LogP contribution in [0.5, 0.6) is 0 Å². The molecule has 0 N–H and O–H groups in total. The van der Waals surface area contributed by atoms with Gasteiger partial charge >= 0.3 is 5.97 Å². The van der Waals surface area contributed by atoms with E-state index in [2.05, 4.69) is 13.5 Å². The third-order valence-electron chi connectivity index (χ3n) is 9.15. The van der Waals surface area contributed by atoms with Crippen LogP contribution in [0.15, 0.2) is 43.0 Å². The van der Waals surface area contributed by atoms with E-state index in [0.717, 1.165) is 44.9 Å². The maximum atomic E-state index is 12.6. The SMILES string of the molecule is C=C[C@@H](C[C@@H](C[C@@H](C[C@@H](C[C@@H](C[C@@H](C[C@@H](CCCCC[C@@H](CCC)OC)OC)OC)OC)OC)OC)OC)OC(=O)c1ccccc1. The van der Waals surface area contributed by atoms with Gasteiger partial charge < -0.3 is 37.9 Å². The first-order valence-corrected chi connectivity index (χ1v) is 17.4. The maximum absolute atomic E-state index is 12.6. The summed E-state index contributed by atoms with van der Waals surface area (Å²) in [6.07, 6.45) is 13.1. The lowest BCUT2D eigenvalue weighted by Crippen LogP contribution is -2.33. The fourth-order valence-corrected chi connectivity index (χ4v) is 6.10. The van der Waals surface area contributed by atoms with Gasteiger partial charge in [0.05, 0.1) is 48.3 Å². The smallest absolute Gasteiger partial charge is 0.338 e. The minimum Gasteiger partial charge on any atom is -0.454 e. The Balaban J connectivity index is 2.63. The highest BCUT2D eigenvalue weighted by atomic mass is 16.5. The van der Waals surface area contributed by atoms with Gasteiger partial charge in [0.2, 0.25) is 0 Å². The monoisotopic (exact) mass is 666 g/mol. The Labute approximate surface area is 285 Å². The number of carbonyl (C=O) groups excluding carboxylic acids is 1. The van der Waals surface area contributed by atoms with Gasteiger partial charge in [-0.3, -0.25) is 0 Å². The number of unbranched alkanes of at least 4 members (excludes halogenated alkanes) is 2. The van der Waals surface area contributed by atoms with Crippen LogP contribution in [0, 0.1) is 0 Å². The highest BCUT2D eigenvalue weighted by Gasteiger charge is 2.27. The van der Waals surface area contributed by atoms with Gasteiger partial charge in [0, 0.05) is 56.2 Å². The van der Waals surface area contributed by atoms with Crippen molar-refractivity contribution in [2.24, 2.45) is 0 Å². The first-order chi connectivity index (χ1) is 22.8. The molecule has 0 amide bonds. The van der Waals surface area contributed by atoms with Gasteiger partial charge in [-0.2, -0.15) is 0 Å². The molecule has 1 aromatic carbocycles. The van der Waals surface area contributed by atoms with Crippen molar-refractivity contribution in [2.75, 3.05) is 49.8 Å². The maximum Gasteiger partial charge on any atom is 0.338 e. The molecule has 9 nitrogen and oxygen atoms in total. The number of esters is 1. The predicted molar refractivity (Wildman–Crippen MR) is 187 cm³/mol. The van der Waals surface area contributed by atoms with Crippen LogP contribution in [0.3, 0.4) is 0 Å². The van der Waals surface area contributed by atoms with Crippen LogP contribution in [0.4, 0.5) is 0 Å². The van der Waals surface area contributed by atoms with E-state index >= 15 is 0 Å². The van der Waals surface area contributed by atoms with Crippen molar-refractivity contribution in [1.29, 1.82) is 0 Å². The molecule has 0 spiro atoms. The van der Waals surface area contributed by atoms with Gasteiger partial charge in [-0.25, -0.2) is 4.79 Å². The van der Waals surface area contributed by atoms with E-state index in [0.29, 0.717) is 37.4 Å². The molecule has 47 heavy (non-hydrogen) atoms. The Morgan fingerprint density at radius 2 is 0.979 bits per heavy atom. The molecule has 1 aromatic rings. The summed E-state index contributed by atoms with van der Waals surface area (Å²) in [5.74, 6) is -0.386. The van der Waals surface area contributed by atoms with Gasteiger partial charge in [0.15, 0.2) is 0 Å². The number of benzene rings is 1. The predicted octanol–water partition coefficient (Wildman–Crippen LogP) is 7.59. The molecule has 0 saturated heterocycles. The first kappa shape index (κ1) is 43.2. The lowest BCUT2D eigenvalue weighted by atomic mass is 9.95. The van der Waals surface area contributed by atoms with Crippen LogP contribution in [-0.2, 0) is 37.9 Å². The summed E-state index contributed by atoms with van der Waals surface area (Å²) in [5.41, 5.74) is 0.501. The van der Waals surface area contributed by atoms with E-state index in [-0.39, 0.29) is 42.6 Å². The second-order valence-electron chi connectivity index (χ2n) is 12.4. The van der Waals surface area contributed by atoms with Crippen molar-refractivity contribution in [3.05, 3.63) is 48.6 Å². The summed E-state index contributed by atoms with van der Waals surface area (Å²) in [7, 11) is 12.2. The molecule has 1 rings (SSSR count). The zero-order chi connectivity index (χ0) is 34.9. The molecular weight excluding hydrogens is 600 g/mol. The van der Waals surface area contributed by atoms with Crippen LogP contribution in [0.1, 0.15) is 101 Å². The van der Waals surface area contributed by atoms with Crippen molar-refractivity contribution in [1.82, 2.24) is 0 Å². The number of hydrogen-bond donors (Lipinski definition) is 0. The Morgan fingerprint density at radius 3 is 1.38 bits per heavy atom. The van der Waals surface area contributed by atoms with Gasteiger partial charge in [-0.1, -0.05) is 63.5 Å². The molecule has 0 heterocycles. The Hall–Kier alpha value is -1.85. The van der Waals surface area contributed by atoms with Crippen molar-refractivity contribution in [3.63, 3.8) is 0 Å². The Kier molecular flexibility index (Phi) is 24.8. The van der Waals surface area contributed by atoms with Crippen molar-refractivity contribution < 1.29 is 42.7 Å². The molecule has 0 bridgehead atoms. The lowest BCUT2D eigenvalue weighted by molar-refractivity contribution is -0.0517. The van der Waals surface area contributed by atoms with Crippen molar-refractivity contribution in [3.8, 4) is 0 Å². The molecule has 0 aliphatic rings. The summed E-state index contributed by atoms with van der Waals surface area (Å²) in [5, 5.41) is 0. The molecule has 0 aliphatic heterocycles. The number of ether oxygens (including phenoxy) is 8. The van der Waals surface area contributed by atoms with Crippen molar-refractivity contribution in [2.45, 2.75) is 139 Å². The van der Waals surface area contributed by atoms with E-state index in [1.165, 1.54) is 12.8 Å². The highest BCUT2D eigenvalue weighted by molar-refractivity contribution is 5.89. The zero-order valence-corrected chi connectivity index (χ0v) is 30.7. The second kappa shape index (κ2) is 27.0. The fourth-order valence-electron chi connectivity index (χ4n) is 6.10. The van der Waals surface area contributed by atoms with Crippen LogP contribution < -0.4 is 0 Å². The van der Waals surface area contributed by atoms with Gasteiger partial charge in [0.1, 0.15) is 6.10 Å². The van der Waals surface area contributed by atoms with Crippen LogP contribution in [0.2, 0.25) is 0 Å². The topological polar surface area (TPSA) is 90.9 Å². The summed E-state index contributed by atoms with van der Waals surface area (Å²) in [6.45, 7) is 6.07. The summed E-state index contributed by atoms with van der Waals surface area (Å²) < 4.78 is 46.5. The standard InChI is InChI=1S/C38H66O9/c1-10-18-31(40-3)21-16-13-17-22-32(41-4)24-34(43-6)26-36(45-8)28-37(46-9)27-35(44-7)25-33(42-5)23-30(11-2)47-38(39)29-19-14-12-15-20-29/h11-12,14-15,19-20,30-37H,2,10,13,16-18,21-28H2,1,3-9H3/t30-,31+,32+,33-,34+,35-,36+,37-/m0/s1. The molecule has 0 radical (unpaired) electrons. The molecule has 0 aliphatic carbocycles.